The zero-order chi connectivity index (χ0) is 16.7. The Morgan fingerprint density at radius 1 is 1.08 bits per heavy atom. The van der Waals surface area contributed by atoms with Gasteiger partial charge in [-0.2, -0.15) is 5.26 Å². The summed E-state index contributed by atoms with van der Waals surface area (Å²) >= 11 is 0. The predicted octanol–water partition coefficient (Wildman–Crippen LogP) is 5.05. The van der Waals surface area contributed by atoms with Crippen LogP contribution in [-0.4, -0.2) is 5.78 Å². The van der Waals surface area contributed by atoms with Crippen molar-refractivity contribution in [1.82, 2.24) is 0 Å². The molecule has 1 spiro atoms. The number of carbonyl (C=O) groups excluding carboxylic acids is 1. The van der Waals surface area contributed by atoms with Gasteiger partial charge in [0.1, 0.15) is 0 Å². The van der Waals surface area contributed by atoms with Gasteiger partial charge in [-0.1, -0.05) is 19.4 Å². The van der Waals surface area contributed by atoms with Crippen LogP contribution in [0.5, 0.6) is 0 Å². The first-order valence-corrected chi connectivity index (χ1v) is 10.1. The molecular formula is C22H29NO. The fourth-order valence-electron chi connectivity index (χ4n) is 7.70. The van der Waals surface area contributed by atoms with Gasteiger partial charge in [0.05, 0.1) is 12.0 Å². The molecule has 0 unspecified atom stereocenters. The number of fused-ring (bicyclic) bond motifs is 5. The maximum Gasteiger partial charge on any atom is 0.161 e. The Bertz CT molecular complexity index is 681. The number of ketones is 1. The Kier molecular flexibility index (Phi) is 2.87. The molecule has 0 aromatic rings. The summed E-state index contributed by atoms with van der Waals surface area (Å²) in [7, 11) is 0. The molecule has 5 aliphatic rings. The lowest BCUT2D eigenvalue weighted by Gasteiger charge is -2.58. The number of nitriles is 1. The molecule has 0 heterocycles. The summed E-state index contributed by atoms with van der Waals surface area (Å²) in [5, 5.41) is 9.61. The molecule has 2 nitrogen and oxygen atoms in total. The van der Waals surface area contributed by atoms with Gasteiger partial charge in [-0.25, -0.2) is 0 Å². The number of carbonyl (C=O) groups is 1. The summed E-state index contributed by atoms with van der Waals surface area (Å²) in [6, 6.07) is 2.64. The van der Waals surface area contributed by atoms with E-state index in [9.17, 15) is 10.1 Å². The fourth-order valence-corrected chi connectivity index (χ4v) is 7.70. The first kappa shape index (κ1) is 15.2. The van der Waals surface area contributed by atoms with Crippen LogP contribution in [-0.2, 0) is 4.79 Å². The molecule has 5 rings (SSSR count). The number of rotatable bonds is 0. The highest BCUT2D eigenvalue weighted by atomic mass is 16.1. The molecule has 2 heteroatoms. The zero-order valence-electron chi connectivity index (χ0n) is 15.1. The Labute approximate surface area is 145 Å². The minimum atomic E-state index is 0.0335. The van der Waals surface area contributed by atoms with Crippen molar-refractivity contribution < 1.29 is 4.79 Å². The van der Waals surface area contributed by atoms with E-state index in [0.29, 0.717) is 5.78 Å². The lowest BCUT2D eigenvalue weighted by atomic mass is 9.46. The van der Waals surface area contributed by atoms with Crippen molar-refractivity contribution in [2.75, 3.05) is 0 Å². The first-order chi connectivity index (χ1) is 11.4. The van der Waals surface area contributed by atoms with Crippen LogP contribution in [0.25, 0.3) is 0 Å². The molecule has 0 bridgehead atoms. The van der Waals surface area contributed by atoms with Crippen LogP contribution in [0.2, 0.25) is 0 Å². The second kappa shape index (κ2) is 4.54. The van der Waals surface area contributed by atoms with Crippen LogP contribution < -0.4 is 0 Å². The summed E-state index contributed by atoms with van der Waals surface area (Å²) in [6.07, 6.45) is 12.7. The normalized spacial score (nSPS) is 51.2. The SMILES string of the molecule is C[C@]12CC[C@H]3[C@@H](CCC4=CC(=O)C5(CC5)C[C@@]43C)[C@@H]1CC[C@@H]2C#N. The monoisotopic (exact) mass is 323 g/mol. The second-order valence-electron chi connectivity index (χ2n) is 10.1. The highest BCUT2D eigenvalue weighted by Crippen LogP contribution is 2.70. The van der Waals surface area contributed by atoms with Crippen molar-refractivity contribution in [2.24, 2.45) is 39.9 Å². The van der Waals surface area contributed by atoms with Gasteiger partial charge in [0, 0.05) is 5.41 Å². The van der Waals surface area contributed by atoms with E-state index in [1.807, 2.05) is 0 Å². The number of nitrogens with zero attached hydrogens (tertiary/aromatic N) is 1. The number of allylic oxidation sites excluding steroid dienone is 1. The standard InChI is InChI=1S/C22H29NO/c1-20-8-7-18-16(17(20)6-4-15(20)12-23)5-3-14-11-19(24)22(9-10-22)13-21(14,18)2/h11,15-18H,3-10,13H2,1-2H3/t15-,16+,17+,18+,20-,21+/m1/s1. The molecule has 0 amide bonds. The van der Waals surface area contributed by atoms with Crippen molar-refractivity contribution in [3.8, 4) is 6.07 Å². The van der Waals surface area contributed by atoms with E-state index >= 15 is 0 Å². The Balaban J connectivity index is 1.52. The van der Waals surface area contributed by atoms with E-state index in [-0.39, 0.29) is 22.2 Å². The highest BCUT2D eigenvalue weighted by molar-refractivity contribution is 5.98. The van der Waals surface area contributed by atoms with Crippen LogP contribution in [0.4, 0.5) is 0 Å². The number of hydrogen-bond acceptors (Lipinski definition) is 2. The Morgan fingerprint density at radius 2 is 1.88 bits per heavy atom. The molecule has 0 saturated heterocycles. The van der Waals surface area contributed by atoms with Crippen molar-refractivity contribution in [3.63, 3.8) is 0 Å². The fraction of sp³-hybridized carbons (Fsp3) is 0.818. The van der Waals surface area contributed by atoms with Gasteiger partial charge in [-0.05, 0) is 92.4 Å². The van der Waals surface area contributed by atoms with Gasteiger partial charge in [-0.3, -0.25) is 4.79 Å². The van der Waals surface area contributed by atoms with Crippen LogP contribution in [0, 0.1) is 51.2 Å². The van der Waals surface area contributed by atoms with Crippen molar-refractivity contribution in [2.45, 2.75) is 71.6 Å². The molecule has 0 radical (unpaired) electrons. The molecule has 24 heavy (non-hydrogen) atoms. The van der Waals surface area contributed by atoms with E-state index in [0.717, 1.165) is 49.9 Å². The molecule has 128 valence electrons. The maximum absolute atomic E-state index is 12.5. The maximum atomic E-state index is 12.5. The molecule has 4 saturated carbocycles. The van der Waals surface area contributed by atoms with Gasteiger partial charge in [0.25, 0.3) is 0 Å². The molecule has 0 N–H and O–H groups in total. The topological polar surface area (TPSA) is 40.9 Å². The summed E-state index contributed by atoms with van der Waals surface area (Å²) in [4.78, 5) is 12.5. The summed E-state index contributed by atoms with van der Waals surface area (Å²) in [5.74, 6) is 2.99. The molecular weight excluding hydrogens is 294 g/mol. The van der Waals surface area contributed by atoms with E-state index in [2.05, 4.69) is 26.0 Å². The van der Waals surface area contributed by atoms with Crippen molar-refractivity contribution >= 4 is 5.78 Å². The minimum Gasteiger partial charge on any atom is -0.294 e. The Morgan fingerprint density at radius 3 is 2.58 bits per heavy atom. The van der Waals surface area contributed by atoms with E-state index < -0.39 is 0 Å². The van der Waals surface area contributed by atoms with E-state index in [1.54, 1.807) is 0 Å². The van der Waals surface area contributed by atoms with Crippen molar-refractivity contribution in [3.05, 3.63) is 11.6 Å². The van der Waals surface area contributed by atoms with E-state index in [1.165, 1.54) is 31.3 Å². The largest absolute Gasteiger partial charge is 0.294 e. The molecule has 4 fully saturated rings. The predicted molar refractivity (Wildman–Crippen MR) is 92.9 cm³/mol. The van der Waals surface area contributed by atoms with E-state index in [4.69, 9.17) is 0 Å². The molecule has 0 aromatic heterocycles. The molecule has 5 aliphatic carbocycles. The smallest absolute Gasteiger partial charge is 0.161 e. The highest BCUT2D eigenvalue weighted by Gasteiger charge is 2.63. The summed E-state index contributed by atoms with van der Waals surface area (Å²) in [5.41, 5.74) is 2.03. The summed E-state index contributed by atoms with van der Waals surface area (Å²) < 4.78 is 0. The molecule has 0 aliphatic heterocycles. The van der Waals surface area contributed by atoms with Crippen LogP contribution in [0.3, 0.4) is 0 Å². The lowest BCUT2D eigenvalue weighted by Crippen LogP contribution is -2.51. The van der Waals surface area contributed by atoms with Crippen LogP contribution >= 0.6 is 0 Å². The average molecular weight is 323 g/mol. The van der Waals surface area contributed by atoms with Gasteiger partial charge in [0.2, 0.25) is 0 Å². The quantitative estimate of drug-likeness (QED) is 0.626. The lowest BCUT2D eigenvalue weighted by molar-refractivity contribution is -0.124. The van der Waals surface area contributed by atoms with Gasteiger partial charge in [0.15, 0.2) is 5.78 Å². The van der Waals surface area contributed by atoms with Crippen LogP contribution in [0.15, 0.2) is 11.6 Å². The second-order valence-corrected chi connectivity index (χ2v) is 10.1. The summed E-state index contributed by atoms with van der Waals surface area (Å²) in [6.45, 7) is 4.90. The van der Waals surface area contributed by atoms with Gasteiger partial charge < -0.3 is 0 Å². The van der Waals surface area contributed by atoms with Gasteiger partial charge >= 0.3 is 0 Å². The van der Waals surface area contributed by atoms with Gasteiger partial charge in [-0.15, -0.1) is 0 Å². The molecule has 6 atom stereocenters. The number of hydrogen-bond donors (Lipinski definition) is 0. The zero-order valence-corrected chi connectivity index (χ0v) is 15.1. The van der Waals surface area contributed by atoms with Crippen molar-refractivity contribution in [1.29, 1.82) is 5.26 Å². The third-order valence-electron chi connectivity index (χ3n) is 9.28. The third kappa shape index (κ3) is 1.69. The first-order valence-electron chi connectivity index (χ1n) is 10.1. The van der Waals surface area contributed by atoms with Crippen LogP contribution in [0.1, 0.15) is 71.6 Å². The molecule has 0 aromatic carbocycles. The average Bonchev–Trinajstić information content (AvgIpc) is 3.22. The third-order valence-corrected chi connectivity index (χ3v) is 9.28. The minimum absolute atomic E-state index is 0.0335. The Hall–Kier alpha value is -1.10.